The van der Waals surface area contributed by atoms with Crippen molar-refractivity contribution in [2.75, 3.05) is 13.6 Å². The second kappa shape index (κ2) is 14.0. The number of carbonyl (C=O) groups excluding carboxylic acids is 2. The number of halogens is 1. The summed E-state index contributed by atoms with van der Waals surface area (Å²) in [5.41, 5.74) is 1.58. The van der Waals surface area contributed by atoms with Gasteiger partial charge in [0.1, 0.15) is 11.9 Å². The Hall–Kier alpha value is -3.56. The first-order chi connectivity index (χ1) is 18.6. The lowest BCUT2D eigenvalue weighted by molar-refractivity contribution is -0.141. The maximum absolute atomic E-state index is 13.6. The Morgan fingerprint density at radius 1 is 0.872 bits per heavy atom. The molecule has 0 saturated heterocycles. The Morgan fingerprint density at radius 3 is 2.05 bits per heavy atom. The summed E-state index contributed by atoms with van der Waals surface area (Å²) in [6, 6.07) is 22.5. The van der Waals surface area contributed by atoms with Gasteiger partial charge in [-0.1, -0.05) is 60.7 Å². The summed E-state index contributed by atoms with van der Waals surface area (Å²) in [6.07, 6.45) is 0.607. The maximum Gasteiger partial charge on any atom is 0.243 e. The first-order valence-corrected chi connectivity index (χ1v) is 14.4. The topological polar surface area (TPSA) is 86.8 Å². The van der Waals surface area contributed by atoms with E-state index in [1.165, 1.54) is 40.5 Å². The van der Waals surface area contributed by atoms with Crippen molar-refractivity contribution in [3.05, 3.63) is 102 Å². The molecule has 0 saturated carbocycles. The molecule has 9 heteroatoms. The van der Waals surface area contributed by atoms with Crippen LogP contribution < -0.4 is 5.32 Å². The molecule has 2 amide bonds. The number of hydrogen-bond acceptors (Lipinski definition) is 4. The first kappa shape index (κ1) is 30.0. The third kappa shape index (κ3) is 8.73. The highest BCUT2D eigenvalue weighted by Crippen LogP contribution is 2.18. The van der Waals surface area contributed by atoms with Crippen molar-refractivity contribution in [2.24, 2.45) is 0 Å². The van der Waals surface area contributed by atoms with E-state index < -0.39 is 21.9 Å². The molecule has 3 rings (SSSR count). The van der Waals surface area contributed by atoms with Gasteiger partial charge < -0.3 is 10.2 Å². The van der Waals surface area contributed by atoms with E-state index in [-0.39, 0.29) is 48.7 Å². The molecule has 0 aliphatic carbocycles. The van der Waals surface area contributed by atoms with Gasteiger partial charge in [-0.05, 0) is 55.7 Å². The van der Waals surface area contributed by atoms with Crippen LogP contribution in [0.15, 0.2) is 89.8 Å². The number of carbonyl (C=O) groups is 2. The van der Waals surface area contributed by atoms with Gasteiger partial charge >= 0.3 is 0 Å². The predicted molar refractivity (Wildman–Crippen MR) is 150 cm³/mol. The summed E-state index contributed by atoms with van der Waals surface area (Å²) in [6.45, 7) is 3.95. The van der Waals surface area contributed by atoms with Crippen LogP contribution in [0.2, 0.25) is 0 Å². The van der Waals surface area contributed by atoms with Gasteiger partial charge in [-0.15, -0.1) is 0 Å². The molecule has 1 N–H and O–H groups in total. The van der Waals surface area contributed by atoms with Gasteiger partial charge in [0.05, 0.1) is 4.90 Å². The van der Waals surface area contributed by atoms with Crippen molar-refractivity contribution in [3.8, 4) is 0 Å². The zero-order valence-electron chi connectivity index (χ0n) is 22.6. The molecule has 0 spiro atoms. The van der Waals surface area contributed by atoms with E-state index in [0.717, 1.165) is 5.56 Å². The van der Waals surface area contributed by atoms with Crippen LogP contribution in [0.1, 0.15) is 37.8 Å². The zero-order chi connectivity index (χ0) is 28.4. The highest BCUT2D eigenvalue weighted by Gasteiger charge is 2.31. The summed E-state index contributed by atoms with van der Waals surface area (Å²) >= 11 is 0. The minimum Gasteiger partial charge on any atom is -0.352 e. The molecule has 0 aromatic heterocycles. The van der Waals surface area contributed by atoms with E-state index in [9.17, 15) is 22.4 Å². The second-order valence-electron chi connectivity index (χ2n) is 9.76. The summed E-state index contributed by atoms with van der Waals surface area (Å²) < 4.78 is 40.5. The Morgan fingerprint density at radius 2 is 1.46 bits per heavy atom. The summed E-state index contributed by atoms with van der Waals surface area (Å²) in [5.74, 6) is -0.963. The van der Waals surface area contributed by atoms with E-state index in [1.807, 2.05) is 44.2 Å². The Kier molecular flexibility index (Phi) is 10.8. The van der Waals surface area contributed by atoms with Gasteiger partial charge in [-0.25, -0.2) is 17.1 Å². The van der Waals surface area contributed by atoms with Crippen LogP contribution in [0.4, 0.5) is 4.39 Å². The van der Waals surface area contributed by atoms with Crippen molar-refractivity contribution < 1.29 is 22.4 Å². The van der Waals surface area contributed by atoms with Crippen LogP contribution in [-0.2, 0) is 32.6 Å². The standard InChI is InChI=1S/C30H36FN3O4S/c1-23(2)32-30(36)28(21-24-11-6-4-7-12-24)34(22-25-16-18-26(31)19-17-25)29(35)15-10-20-33(3)39(37,38)27-13-8-5-9-14-27/h4-9,11-14,16-19,23,28H,10,15,20-22H2,1-3H3,(H,32,36)/t28-/m0/s1. The molecule has 1 atom stereocenters. The zero-order valence-corrected chi connectivity index (χ0v) is 23.4. The van der Waals surface area contributed by atoms with Gasteiger partial charge in [-0.3, -0.25) is 9.59 Å². The van der Waals surface area contributed by atoms with Crippen molar-refractivity contribution in [3.63, 3.8) is 0 Å². The lowest BCUT2D eigenvalue weighted by atomic mass is 10.0. The first-order valence-electron chi connectivity index (χ1n) is 13.0. The molecular formula is C30H36FN3O4S. The van der Waals surface area contributed by atoms with E-state index >= 15 is 0 Å². The lowest BCUT2D eigenvalue weighted by Crippen LogP contribution is -2.51. The molecule has 0 unspecified atom stereocenters. The molecule has 3 aromatic carbocycles. The number of amides is 2. The quantitative estimate of drug-likeness (QED) is 0.340. The lowest BCUT2D eigenvalue weighted by Gasteiger charge is -2.32. The Bertz CT molecular complexity index is 1320. The largest absolute Gasteiger partial charge is 0.352 e. The van der Waals surface area contributed by atoms with Crippen LogP contribution in [0.25, 0.3) is 0 Å². The Labute approximate surface area is 230 Å². The molecule has 0 bridgehead atoms. The highest BCUT2D eigenvalue weighted by atomic mass is 32.2. The van der Waals surface area contributed by atoms with Crippen molar-refractivity contribution in [1.82, 2.24) is 14.5 Å². The fraction of sp³-hybridized carbons (Fsp3) is 0.333. The third-order valence-corrected chi connectivity index (χ3v) is 8.15. The maximum atomic E-state index is 13.6. The van der Waals surface area contributed by atoms with Gasteiger partial charge in [0, 0.05) is 39.0 Å². The van der Waals surface area contributed by atoms with Gasteiger partial charge in [0.2, 0.25) is 21.8 Å². The van der Waals surface area contributed by atoms with Crippen molar-refractivity contribution in [2.45, 2.75) is 56.6 Å². The molecular weight excluding hydrogens is 517 g/mol. The normalized spacial score (nSPS) is 12.4. The SMILES string of the molecule is CC(C)NC(=O)[C@H](Cc1ccccc1)N(Cc1ccc(F)cc1)C(=O)CCCN(C)S(=O)(=O)c1ccccc1. The van der Waals surface area contributed by atoms with E-state index in [0.29, 0.717) is 12.0 Å². The van der Waals surface area contributed by atoms with Gasteiger partial charge in [0.25, 0.3) is 0 Å². The van der Waals surface area contributed by atoms with E-state index in [4.69, 9.17) is 0 Å². The van der Waals surface area contributed by atoms with Crippen molar-refractivity contribution >= 4 is 21.8 Å². The molecule has 0 aliphatic heterocycles. The molecule has 3 aromatic rings. The highest BCUT2D eigenvalue weighted by molar-refractivity contribution is 7.89. The summed E-state index contributed by atoms with van der Waals surface area (Å²) in [4.78, 5) is 28.7. The number of benzene rings is 3. The fourth-order valence-corrected chi connectivity index (χ4v) is 5.44. The number of nitrogens with zero attached hydrogens (tertiary/aromatic N) is 2. The smallest absolute Gasteiger partial charge is 0.243 e. The fourth-order valence-electron chi connectivity index (χ4n) is 4.21. The minimum absolute atomic E-state index is 0.0378. The number of hydrogen-bond donors (Lipinski definition) is 1. The second-order valence-corrected chi connectivity index (χ2v) is 11.8. The third-order valence-electron chi connectivity index (χ3n) is 6.28. The molecule has 208 valence electrons. The van der Waals surface area contributed by atoms with Crippen LogP contribution in [-0.4, -0.2) is 55.1 Å². The monoisotopic (exact) mass is 553 g/mol. The predicted octanol–water partition coefficient (Wildman–Crippen LogP) is 4.39. The van der Waals surface area contributed by atoms with Crippen molar-refractivity contribution in [1.29, 1.82) is 0 Å². The average Bonchev–Trinajstić information content (AvgIpc) is 2.92. The molecule has 39 heavy (non-hydrogen) atoms. The van der Waals surface area contributed by atoms with Gasteiger partial charge in [-0.2, -0.15) is 0 Å². The molecule has 0 fully saturated rings. The number of sulfonamides is 1. The molecule has 0 radical (unpaired) electrons. The van der Waals surface area contributed by atoms with Crippen LogP contribution in [0.5, 0.6) is 0 Å². The van der Waals surface area contributed by atoms with Crippen LogP contribution >= 0.6 is 0 Å². The molecule has 0 aliphatic rings. The Balaban J connectivity index is 1.81. The van der Waals surface area contributed by atoms with Crippen LogP contribution in [0.3, 0.4) is 0 Å². The molecule has 7 nitrogen and oxygen atoms in total. The summed E-state index contributed by atoms with van der Waals surface area (Å²) in [5, 5.41) is 2.93. The number of nitrogens with one attached hydrogen (secondary N) is 1. The van der Waals surface area contributed by atoms with E-state index in [2.05, 4.69) is 5.32 Å². The molecule has 0 heterocycles. The van der Waals surface area contributed by atoms with Crippen LogP contribution in [0, 0.1) is 5.82 Å². The van der Waals surface area contributed by atoms with E-state index in [1.54, 1.807) is 30.3 Å². The number of rotatable bonds is 13. The average molecular weight is 554 g/mol. The van der Waals surface area contributed by atoms with Gasteiger partial charge in [0.15, 0.2) is 0 Å². The minimum atomic E-state index is -3.68. The summed E-state index contributed by atoms with van der Waals surface area (Å²) in [7, 11) is -2.20.